The highest BCUT2D eigenvalue weighted by Gasteiger charge is 2.27. The predicted octanol–water partition coefficient (Wildman–Crippen LogP) is 4.14. The topological polar surface area (TPSA) is 36.7 Å². The van der Waals surface area contributed by atoms with Crippen LogP contribution < -0.4 is 0 Å². The first-order chi connectivity index (χ1) is 12.6. The summed E-state index contributed by atoms with van der Waals surface area (Å²) in [4.78, 5) is 16.7. The normalized spacial score (nSPS) is 14.1. The van der Waals surface area contributed by atoms with Crippen molar-refractivity contribution in [2.24, 2.45) is 0 Å². The fraction of sp³-hybridized carbons (Fsp3) is 0.500. The number of rotatable bonds is 9. The molecule has 4 heteroatoms. The molecule has 0 N–H and O–H groups in total. The van der Waals surface area contributed by atoms with Crippen LogP contribution in [0.4, 0.5) is 0 Å². The van der Waals surface area contributed by atoms with E-state index in [1.807, 2.05) is 25.1 Å². The van der Waals surface area contributed by atoms with Gasteiger partial charge in [-0.1, -0.05) is 43.2 Å². The molecule has 3 rings (SSSR count). The molecule has 1 aromatic carbocycles. The van der Waals surface area contributed by atoms with Crippen molar-refractivity contribution >= 4 is 5.91 Å². The van der Waals surface area contributed by atoms with E-state index < -0.39 is 0 Å². The van der Waals surface area contributed by atoms with E-state index in [9.17, 15) is 4.79 Å². The third-order valence-corrected chi connectivity index (χ3v) is 4.94. The monoisotopic (exact) mass is 354 g/mol. The van der Waals surface area contributed by atoms with Crippen LogP contribution in [0.25, 0.3) is 0 Å². The van der Waals surface area contributed by atoms with E-state index >= 15 is 0 Å². The van der Waals surface area contributed by atoms with Gasteiger partial charge in [0.05, 0.1) is 12.1 Å². The summed E-state index contributed by atoms with van der Waals surface area (Å²) in [6.07, 6.45) is 6.69. The highest BCUT2D eigenvalue weighted by Crippen LogP contribution is 2.24. The Morgan fingerprint density at radius 1 is 1.08 bits per heavy atom. The summed E-state index contributed by atoms with van der Waals surface area (Å²) in [5, 5.41) is 0. The van der Waals surface area contributed by atoms with Gasteiger partial charge in [-0.15, -0.1) is 0 Å². The van der Waals surface area contributed by atoms with Gasteiger partial charge < -0.3 is 14.2 Å². The van der Waals surface area contributed by atoms with Crippen LogP contribution in [-0.4, -0.2) is 42.9 Å². The fourth-order valence-electron chi connectivity index (χ4n) is 3.59. The van der Waals surface area contributed by atoms with Gasteiger partial charge in [-0.3, -0.25) is 4.79 Å². The lowest BCUT2D eigenvalue weighted by molar-refractivity contribution is 0.0729. The zero-order valence-corrected chi connectivity index (χ0v) is 16.0. The number of hydrogen-bond acceptors (Lipinski definition) is 3. The van der Waals surface area contributed by atoms with Crippen molar-refractivity contribution in [3.63, 3.8) is 0 Å². The van der Waals surface area contributed by atoms with Gasteiger partial charge in [-0.2, -0.15) is 0 Å². The molecule has 1 aromatic heterocycles. The molecule has 2 aromatic rings. The molecule has 0 radical (unpaired) electrons. The van der Waals surface area contributed by atoms with Crippen molar-refractivity contribution in [3.05, 3.63) is 59.0 Å². The van der Waals surface area contributed by atoms with E-state index in [0.717, 1.165) is 56.0 Å². The lowest BCUT2D eigenvalue weighted by Crippen LogP contribution is -2.37. The Labute approximate surface area is 156 Å². The van der Waals surface area contributed by atoms with Gasteiger partial charge in [-0.05, 0) is 45.0 Å². The van der Waals surface area contributed by atoms with Crippen LogP contribution in [0.15, 0.2) is 40.8 Å². The van der Waals surface area contributed by atoms with Crippen LogP contribution in [0.2, 0.25) is 0 Å². The molecule has 2 heterocycles. The Hall–Kier alpha value is -2.07. The number of unbranched alkanes of at least 4 members (excludes halogenated alkanes) is 3. The van der Waals surface area contributed by atoms with Crippen LogP contribution in [0.1, 0.15) is 53.1 Å². The van der Waals surface area contributed by atoms with Gasteiger partial charge in [0.1, 0.15) is 11.5 Å². The van der Waals surface area contributed by atoms with Crippen molar-refractivity contribution in [3.8, 4) is 0 Å². The smallest absolute Gasteiger partial charge is 0.257 e. The minimum Gasteiger partial charge on any atom is -0.464 e. The lowest BCUT2D eigenvalue weighted by Gasteiger charge is -2.26. The van der Waals surface area contributed by atoms with Gasteiger partial charge in [-0.25, -0.2) is 0 Å². The summed E-state index contributed by atoms with van der Waals surface area (Å²) in [5.41, 5.74) is 2.19. The maximum Gasteiger partial charge on any atom is 0.257 e. The molecule has 0 bridgehead atoms. The average Bonchev–Trinajstić information content (AvgIpc) is 3.03. The van der Waals surface area contributed by atoms with Gasteiger partial charge in [0.15, 0.2) is 0 Å². The van der Waals surface area contributed by atoms with Crippen molar-refractivity contribution in [1.29, 1.82) is 0 Å². The molecule has 0 atom stereocenters. The third-order valence-electron chi connectivity index (χ3n) is 4.94. The molecule has 1 aliphatic heterocycles. The Balaban J connectivity index is 1.39. The van der Waals surface area contributed by atoms with Gasteiger partial charge in [0.2, 0.25) is 0 Å². The quantitative estimate of drug-likeness (QED) is 0.635. The number of nitrogens with zero attached hydrogens (tertiary/aromatic N) is 2. The fourth-order valence-corrected chi connectivity index (χ4v) is 3.59. The van der Waals surface area contributed by atoms with E-state index in [4.69, 9.17) is 4.42 Å². The maximum atomic E-state index is 12.7. The van der Waals surface area contributed by atoms with Crippen molar-refractivity contribution in [1.82, 2.24) is 9.80 Å². The van der Waals surface area contributed by atoms with Gasteiger partial charge in [0.25, 0.3) is 5.91 Å². The second-order valence-electron chi connectivity index (χ2n) is 7.48. The molecular weight excluding hydrogens is 324 g/mol. The second-order valence-corrected chi connectivity index (χ2v) is 7.48. The Bertz CT molecular complexity index is 706. The number of carbonyl (C=O) groups excluding carboxylic acids is 1. The summed E-state index contributed by atoms with van der Waals surface area (Å²) < 4.78 is 5.85. The molecule has 1 amide bonds. The number of hydrogen-bond donors (Lipinski definition) is 0. The number of amides is 1. The first-order valence-corrected chi connectivity index (χ1v) is 9.73. The molecular formula is C22H30N2O2. The molecule has 1 aliphatic rings. The van der Waals surface area contributed by atoms with Gasteiger partial charge >= 0.3 is 0 Å². The van der Waals surface area contributed by atoms with Crippen LogP contribution in [0, 0.1) is 0 Å². The summed E-state index contributed by atoms with van der Waals surface area (Å²) >= 11 is 0. The maximum absolute atomic E-state index is 12.7. The van der Waals surface area contributed by atoms with Crippen LogP contribution in [0.5, 0.6) is 0 Å². The number of aryl methyl sites for hydroxylation is 1. The molecule has 0 spiro atoms. The zero-order chi connectivity index (χ0) is 18.4. The second kappa shape index (κ2) is 9.04. The summed E-state index contributed by atoms with van der Waals surface area (Å²) in [7, 11) is 4.01. The number of fused-ring (bicyclic) bond motifs is 1. The molecule has 26 heavy (non-hydrogen) atoms. The van der Waals surface area contributed by atoms with Crippen LogP contribution in [0.3, 0.4) is 0 Å². The van der Waals surface area contributed by atoms with Crippen molar-refractivity contribution in [2.75, 3.05) is 27.2 Å². The Morgan fingerprint density at radius 3 is 2.62 bits per heavy atom. The SMILES string of the molecule is CN(C)Cc1cc2c(o1)CCN(CCCCCCc1ccccc1)C2=O. The number of carbonyl (C=O) groups is 1. The van der Waals surface area contributed by atoms with Crippen molar-refractivity contribution < 1.29 is 9.21 Å². The van der Waals surface area contributed by atoms with Crippen LogP contribution >= 0.6 is 0 Å². The molecule has 0 saturated carbocycles. The minimum absolute atomic E-state index is 0.143. The molecule has 0 unspecified atom stereocenters. The van der Waals surface area contributed by atoms with E-state index in [1.165, 1.54) is 24.8 Å². The van der Waals surface area contributed by atoms with Crippen molar-refractivity contribution in [2.45, 2.75) is 45.1 Å². The first-order valence-electron chi connectivity index (χ1n) is 9.73. The average molecular weight is 354 g/mol. The van der Waals surface area contributed by atoms with Crippen LogP contribution in [-0.2, 0) is 19.4 Å². The first kappa shape index (κ1) is 18.7. The highest BCUT2D eigenvalue weighted by molar-refractivity contribution is 5.96. The van der Waals surface area contributed by atoms with E-state index in [-0.39, 0.29) is 5.91 Å². The Kier molecular flexibility index (Phi) is 6.51. The molecule has 0 aliphatic carbocycles. The summed E-state index contributed by atoms with van der Waals surface area (Å²) in [6, 6.07) is 12.6. The summed E-state index contributed by atoms with van der Waals surface area (Å²) in [5.74, 6) is 1.89. The molecule has 0 fully saturated rings. The van der Waals surface area contributed by atoms with E-state index in [1.54, 1.807) is 0 Å². The highest BCUT2D eigenvalue weighted by atomic mass is 16.3. The van der Waals surface area contributed by atoms with Gasteiger partial charge in [0, 0.05) is 19.5 Å². The molecule has 0 saturated heterocycles. The number of furan rings is 1. The lowest BCUT2D eigenvalue weighted by atomic mass is 10.0. The molecule has 140 valence electrons. The van der Waals surface area contributed by atoms with E-state index in [2.05, 4.69) is 35.2 Å². The van der Waals surface area contributed by atoms with E-state index in [0.29, 0.717) is 0 Å². The number of benzene rings is 1. The standard InChI is InChI=1S/C22H30N2O2/c1-23(2)17-19-16-20-21(26-19)13-15-24(22(20)25)14-9-4-3-6-10-18-11-7-5-8-12-18/h5,7-8,11-12,16H,3-4,6,9-10,13-15,17H2,1-2H3. The minimum atomic E-state index is 0.143. The largest absolute Gasteiger partial charge is 0.464 e. The third kappa shape index (κ3) is 4.98. The Morgan fingerprint density at radius 2 is 1.85 bits per heavy atom. The summed E-state index contributed by atoms with van der Waals surface area (Å²) in [6.45, 7) is 2.38. The molecule has 4 nitrogen and oxygen atoms in total. The predicted molar refractivity (Wildman–Crippen MR) is 104 cm³/mol. The zero-order valence-electron chi connectivity index (χ0n) is 16.0.